The van der Waals surface area contributed by atoms with Gasteiger partial charge in [-0.05, 0) is 39.1 Å². The molecule has 0 fully saturated rings. The second kappa shape index (κ2) is 10.9. The minimum Gasteiger partial charge on any atom is -0.357 e. The van der Waals surface area contributed by atoms with Crippen molar-refractivity contribution < 1.29 is 0 Å². The Kier molecular flexibility index (Phi) is 10.5. The summed E-state index contributed by atoms with van der Waals surface area (Å²) in [6, 6.07) is 8.48. The molecule has 0 aliphatic rings. The molecule has 5 heteroatoms. The summed E-state index contributed by atoms with van der Waals surface area (Å²) < 4.78 is 0. The molecule has 0 heterocycles. The standard InChI is InChI=1S/C15H26N4.HI/c1-5-16-15(17-6-2)18-11-13-9-7-8-10-14(13)12-19(3)4;/h7-10H,5-6,11-12H2,1-4H3,(H2,16,17,18);1H. The third-order valence-electron chi connectivity index (χ3n) is 2.70. The highest BCUT2D eigenvalue weighted by atomic mass is 127. The highest BCUT2D eigenvalue weighted by Gasteiger charge is 2.03. The quantitative estimate of drug-likeness (QED) is 0.445. The molecule has 0 spiro atoms. The zero-order chi connectivity index (χ0) is 14.1. The molecule has 4 nitrogen and oxygen atoms in total. The molecular weight excluding hydrogens is 363 g/mol. The predicted octanol–water partition coefficient (Wildman–Crippen LogP) is 2.44. The van der Waals surface area contributed by atoms with Crippen molar-refractivity contribution >= 4 is 29.9 Å². The fourth-order valence-corrected chi connectivity index (χ4v) is 1.88. The first kappa shape index (κ1) is 19.2. The average molecular weight is 390 g/mol. The molecule has 0 atom stereocenters. The van der Waals surface area contributed by atoms with E-state index < -0.39 is 0 Å². The van der Waals surface area contributed by atoms with Gasteiger partial charge in [0.2, 0.25) is 0 Å². The van der Waals surface area contributed by atoms with Crippen LogP contribution in [0.15, 0.2) is 29.3 Å². The summed E-state index contributed by atoms with van der Waals surface area (Å²) in [7, 11) is 4.17. The maximum Gasteiger partial charge on any atom is 0.191 e. The Morgan fingerprint density at radius 2 is 1.60 bits per heavy atom. The molecule has 0 amide bonds. The zero-order valence-corrected chi connectivity index (χ0v) is 15.3. The Balaban J connectivity index is 0.00000361. The molecule has 0 unspecified atom stereocenters. The number of benzene rings is 1. The van der Waals surface area contributed by atoms with Crippen LogP contribution < -0.4 is 10.6 Å². The normalized spacial score (nSPS) is 9.85. The third-order valence-corrected chi connectivity index (χ3v) is 2.70. The van der Waals surface area contributed by atoms with E-state index in [1.807, 2.05) is 0 Å². The van der Waals surface area contributed by atoms with Crippen molar-refractivity contribution in [2.75, 3.05) is 27.2 Å². The van der Waals surface area contributed by atoms with Crippen LogP contribution in [0.1, 0.15) is 25.0 Å². The number of halogens is 1. The van der Waals surface area contributed by atoms with Gasteiger partial charge in [0.15, 0.2) is 5.96 Å². The summed E-state index contributed by atoms with van der Waals surface area (Å²) in [6.45, 7) is 7.57. The minimum absolute atomic E-state index is 0. The van der Waals surface area contributed by atoms with E-state index in [9.17, 15) is 0 Å². The summed E-state index contributed by atoms with van der Waals surface area (Å²) in [5, 5.41) is 6.48. The summed E-state index contributed by atoms with van der Waals surface area (Å²) >= 11 is 0. The van der Waals surface area contributed by atoms with Crippen LogP contribution in [0.3, 0.4) is 0 Å². The summed E-state index contributed by atoms with van der Waals surface area (Å²) in [4.78, 5) is 6.80. The Bertz CT molecular complexity index is 397. The topological polar surface area (TPSA) is 39.7 Å². The molecule has 0 aliphatic carbocycles. The Morgan fingerprint density at radius 1 is 1.05 bits per heavy atom. The van der Waals surface area contributed by atoms with E-state index in [-0.39, 0.29) is 24.0 Å². The van der Waals surface area contributed by atoms with E-state index in [1.54, 1.807) is 0 Å². The molecule has 1 aromatic rings. The van der Waals surface area contributed by atoms with Crippen molar-refractivity contribution in [3.63, 3.8) is 0 Å². The molecule has 2 N–H and O–H groups in total. The predicted molar refractivity (Wildman–Crippen MR) is 97.7 cm³/mol. The van der Waals surface area contributed by atoms with E-state index in [0.29, 0.717) is 6.54 Å². The van der Waals surface area contributed by atoms with Crippen molar-refractivity contribution in [1.29, 1.82) is 0 Å². The monoisotopic (exact) mass is 390 g/mol. The first-order chi connectivity index (χ1) is 9.17. The van der Waals surface area contributed by atoms with Crippen LogP contribution in [0.5, 0.6) is 0 Å². The van der Waals surface area contributed by atoms with Gasteiger partial charge < -0.3 is 15.5 Å². The highest BCUT2D eigenvalue weighted by molar-refractivity contribution is 14.0. The molecular formula is C15H27IN4. The molecule has 0 bridgehead atoms. The SMILES string of the molecule is CCNC(=NCc1ccccc1CN(C)C)NCC.I. The van der Waals surface area contributed by atoms with Crippen LogP contribution in [0.4, 0.5) is 0 Å². The van der Waals surface area contributed by atoms with Gasteiger partial charge in [-0.3, -0.25) is 0 Å². The lowest BCUT2D eigenvalue weighted by atomic mass is 10.1. The number of nitrogens with zero attached hydrogens (tertiary/aromatic N) is 2. The number of nitrogens with one attached hydrogen (secondary N) is 2. The summed E-state index contributed by atoms with van der Waals surface area (Å²) in [5.41, 5.74) is 2.62. The highest BCUT2D eigenvalue weighted by Crippen LogP contribution is 2.11. The fourth-order valence-electron chi connectivity index (χ4n) is 1.88. The number of hydrogen-bond donors (Lipinski definition) is 2. The van der Waals surface area contributed by atoms with E-state index >= 15 is 0 Å². The Hall–Kier alpha value is -0.820. The zero-order valence-electron chi connectivity index (χ0n) is 12.9. The molecule has 0 saturated carbocycles. The third kappa shape index (κ3) is 7.09. The molecule has 0 aromatic heterocycles. The van der Waals surface area contributed by atoms with E-state index in [0.717, 1.165) is 25.6 Å². The van der Waals surface area contributed by atoms with Crippen LogP contribution in [0.2, 0.25) is 0 Å². The van der Waals surface area contributed by atoms with Gasteiger partial charge in [-0.25, -0.2) is 4.99 Å². The van der Waals surface area contributed by atoms with Gasteiger partial charge in [-0.1, -0.05) is 24.3 Å². The van der Waals surface area contributed by atoms with Gasteiger partial charge in [0.05, 0.1) is 6.54 Å². The van der Waals surface area contributed by atoms with E-state index in [4.69, 9.17) is 0 Å². The van der Waals surface area contributed by atoms with Crippen LogP contribution in [-0.4, -0.2) is 38.0 Å². The first-order valence-electron chi connectivity index (χ1n) is 6.91. The molecule has 1 rings (SSSR count). The maximum atomic E-state index is 4.62. The Labute approximate surface area is 140 Å². The summed E-state index contributed by atoms with van der Waals surface area (Å²) in [5.74, 6) is 0.879. The number of aliphatic imine (C=N–C) groups is 1. The van der Waals surface area contributed by atoms with Crippen molar-refractivity contribution in [2.45, 2.75) is 26.9 Å². The number of hydrogen-bond acceptors (Lipinski definition) is 2. The first-order valence-corrected chi connectivity index (χ1v) is 6.91. The average Bonchev–Trinajstić information content (AvgIpc) is 2.37. The van der Waals surface area contributed by atoms with Gasteiger partial charge in [-0.2, -0.15) is 0 Å². The second-order valence-electron chi connectivity index (χ2n) is 4.73. The summed E-state index contributed by atoms with van der Waals surface area (Å²) in [6.07, 6.45) is 0. The molecule has 1 aromatic carbocycles. The van der Waals surface area contributed by atoms with Gasteiger partial charge in [0.25, 0.3) is 0 Å². The maximum absolute atomic E-state index is 4.62. The van der Waals surface area contributed by atoms with Gasteiger partial charge in [0, 0.05) is 19.6 Å². The van der Waals surface area contributed by atoms with Crippen molar-refractivity contribution in [3.05, 3.63) is 35.4 Å². The van der Waals surface area contributed by atoms with Crippen LogP contribution in [-0.2, 0) is 13.1 Å². The fraction of sp³-hybridized carbons (Fsp3) is 0.533. The van der Waals surface area contributed by atoms with Gasteiger partial charge >= 0.3 is 0 Å². The smallest absolute Gasteiger partial charge is 0.191 e. The lowest BCUT2D eigenvalue weighted by Crippen LogP contribution is -2.37. The number of rotatable bonds is 6. The minimum atomic E-state index is 0. The van der Waals surface area contributed by atoms with Crippen LogP contribution in [0, 0.1) is 0 Å². The van der Waals surface area contributed by atoms with Gasteiger partial charge in [-0.15, -0.1) is 24.0 Å². The van der Waals surface area contributed by atoms with Crippen LogP contribution in [0.25, 0.3) is 0 Å². The van der Waals surface area contributed by atoms with E-state index in [2.05, 4.69) is 72.7 Å². The molecule has 0 aliphatic heterocycles. The van der Waals surface area contributed by atoms with Crippen molar-refractivity contribution in [1.82, 2.24) is 15.5 Å². The molecule has 114 valence electrons. The lowest BCUT2D eigenvalue weighted by Gasteiger charge is -2.14. The van der Waals surface area contributed by atoms with Gasteiger partial charge in [0.1, 0.15) is 0 Å². The Morgan fingerprint density at radius 3 is 2.10 bits per heavy atom. The van der Waals surface area contributed by atoms with Crippen molar-refractivity contribution in [3.8, 4) is 0 Å². The van der Waals surface area contributed by atoms with Crippen LogP contribution >= 0.6 is 24.0 Å². The molecule has 0 saturated heterocycles. The molecule has 20 heavy (non-hydrogen) atoms. The largest absolute Gasteiger partial charge is 0.357 e. The lowest BCUT2D eigenvalue weighted by molar-refractivity contribution is 0.401. The number of guanidine groups is 1. The van der Waals surface area contributed by atoms with Crippen molar-refractivity contribution in [2.24, 2.45) is 4.99 Å². The molecule has 0 radical (unpaired) electrons. The second-order valence-corrected chi connectivity index (χ2v) is 4.73. The van der Waals surface area contributed by atoms with E-state index in [1.165, 1.54) is 11.1 Å².